The Hall–Kier alpha value is -2.00. The summed E-state index contributed by atoms with van der Waals surface area (Å²) in [4.78, 5) is 10.4. The standard InChI is InChI=1S/C10H12O8S/c1-17-8-5-6(2-3-9(12)13)4-7(11)10(8)18-19(14,15)16/h4-5,11H,2-3H2,1H3,(H,12,13)(H,14,15,16). The minimum Gasteiger partial charge on any atom is -0.504 e. The van der Waals surface area contributed by atoms with Crippen LogP contribution in [0.25, 0.3) is 0 Å². The van der Waals surface area contributed by atoms with E-state index in [1.165, 1.54) is 13.2 Å². The van der Waals surface area contributed by atoms with E-state index in [4.69, 9.17) is 14.4 Å². The molecule has 19 heavy (non-hydrogen) atoms. The van der Waals surface area contributed by atoms with E-state index < -0.39 is 27.9 Å². The molecule has 0 spiro atoms. The summed E-state index contributed by atoms with van der Waals surface area (Å²) in [6, 6.07) is 2.44. The zero-order chi connectivity index (χ0) is 14.6. The monoisotopic (exact) mass is 292 g/mol. The zero-order valence-electron chi connectivity index (χ0n) is 9.86. The van der Waals surface area contributed by atoms with Crippen molar-refractivity contribution in [3.63, 3.8) is 0 Å². The molecule has 0 fully saturated rings. The minimum absolute atomic E-state index is 0.116. The number of hydrogen-bond donors (Lipinski definition) is 3. The molecule has 3 N–H and O–H groups in total. The fourth-order valence-electron chi connectivity index (χ4n) is 1.38. The van der Waals surface area contributed by atoms with Gasteiger partial charge >= 0.3 is 16.4 Å². The topological polar surface area (TPSA) is 130 Å². The van der Waals surface area contributed by atoms with Crippen LogP contribution in [0, 0.1) is 0 Å². The highest BCUT2D eigenvalue weighted by Gasteiger charge is 2.18. The summed E-state index contributed by atoms with van der Waals surface area (Å²) < 4.78 is 38.8. The molecule has 0 aliphatic carbocycles. The second kappa shape index (κ2) is 5.76. The first-order chi connectivity index (χ1) is 8.73. The van der Waals surface area contributed by atoms with E-state index in [9.17, 15) is 18.3 Å². The number of phenolic OH excluding ortho intramolecular Hbond substituents is 1. The minimum atomic E-state index is -4.80. The Morgan fingerprint density at radius 3 is 2.47 bits per heavy atom. The van der Waals surface area contributed by atoms with E-state index in [2.05, 4.69) is 4.18 Å². The average Bonchev–Trinajstić information content (AvgIpc) is 2.27. The van der Waals surface area contributed by atoms with Crippen molar-refractivity contribution in [1.82, 2.24) is 0 Å². The SMILES string of the molecule is COc1cc(CCC(=O)O)cc(O)c1OS(=O)(=O)O. The van der Waals surface area contributed by atoms with Crippen molar-refractivity contribution in [2.75, 3.05) is 7.11 Å². The Kier molecular flexibility index (Phi) is 4.57. The van der Waals surface area contributed by atoms with E-state index in [0.29, 0.717) is 5.56 Å². The summed E-state index contributed by atoms with van der Waals surface area (Å²) >= 11 is 0. The first-order valence-corrected chi connectivity index (χ1v) is 6.38. The van der Waals surface area contributed by atoms with Gasteiger partial charge in [-0.2, -0.15) is 8.42 Å². The van der Waals surface area contributed by atoms with Crippen molar-refractivity contribution in [3.8, 4) is 17.2 Å². The van der Waals surface area contributed by atoms with Gasteiger partial charge < -0.3 is 19.1 Å². The summed E-state index contributed by atoms with van der Waals surface area (Å²) in [6.45, 7) is 0. The van der Waals surface area contributed by atoms with Crippen LogP contribution in [0.2, 0.25) is 0 Å². The molecule has 1 rings (SSSR count). The smallest absolute Gasteiger partial charge is 0.446 e. The third-order valence-corrected chi connectivity index (χ3v) is 2.51. The molecule has 9 heteroatoms. The second-order valence-electron chi connectivity index (χ2n) is 3.55. The largest absolute Gasteiger partial charge is 0.504 e. The lowest BCUT2D eigenvalue weighted by atomic mass is 10.1. The van der Waals surface area contributed by atoms with Gasteiger partial charge in [0, 0.05) is 6.42 Å². The Morgan fingerprint density at radius 1 is 1.37 bits per heavy atom. The molecule has 0 amide bonds. The lowest BCUT2D eigenvalue weighted by molar-refractivity contribution is -0.136. The molecule has 0 bridgehead atoms. The highest BCUT2D eigenvalue weighted by atomic mass is 32.3. The predicted molar refractivity (Wildman–Crippen MR) is 62.8 cm³/mol. The van der Waals surface area contributed by atoms with Gasteiger partial charge in [-0.3, -0.25) is 9.35 Å². The Labute approximate surface area is 109 Å². The van der Waals surface area contributed by atoms with Gasteiger partial charge in [-0.05, 0) is 24.1 Å². The van der Waals surface area contributed by atoms with Gasteiger partial charge in [0.15, 0.2) is 11.5 Å². The number of hydrogen-bond acceptors (Lipinski definition) is 6. The van der Waals surface area contributed by atoms with Crippen molar-refractivity contribution in [2.24, 2.45) is 0 Å². The third kappa shape index (κ3) is 4.64. The summed E-state index contributed by atoms with van der Waals surface area (Å²) in [6.07, 6.45) is -0.0491. The number of ether oxygens (including phenoxy) is 1. The van der Waals surface area contributed by atoms with Gasteiger partial charge in [-0.15, -0.1) is 0 Å². The molecule has 0 unspecified atom stereocenters. The van der Waals surface area contributed by atoms with Gasteiger partial charge in [0.05, 0.1) is 7.11 Å². The number of rotatable bonds is 6. The van der Waals surface area contributed by atoms with E-state index >= 15 is 0 Å². The van der Waals surface area contributed by atoms with Gasteiger partial charge in [0.2, 0.25) is 5.75 Å². The van der Waals surface area contributed by atoms with Crippen molar-refractivity contribution < 1.29 is 36.9 Å². The van der Waals surface area contributed by atoms with E-state index in [1.807, 2.05) is 0 Å². The normalized spacial score (nSPS) is 11.1. The number of carboxylic acid groups (broad SMARTS) is 1. The van der Waals surface area contributed by atoms with Crippen LogP contribution in [0.5, 0.6) is 17.2 Å². The number of carbonyl (C=O) groups is 1. The Bertz CT molecular complexity index is 577. The summed E-state index contributed by atoms with van der Waals surface area (Å²) in [5.41, 5.74) is 0.416. The molecule has 0 saturated heterocycles. The highest BCUT2D eigenvalue weighted by molar-refractivity contribution is 7.81. The maximum atomic E-state index is 10.6. The predicted octanol–water partition coefficient (Wildman–Crippen LogP) is 0.600. The second-order valence-corrected chi connectivity index (χ2v) is 4.57. The van der Waals surface area contributed by atoms with Crippen molar-refractivity contribution in [3.05, 3.63) is 17.7 Å². The summed E-state index contributed by atoms with van der Waals surface area (Å²) in [5, 5.41) is 18.2. The van der Waals surface area contributed by atoms with E-state index in [-0.39, 0.29) is 18.6 Å². The molecule has 106 valence electrons. The van der Waals surface area contributed by atoms with Crippen LogP contribution >= 0.6 is 0 Å². The number of aliphatic carboxylic acids is 1. The molecule has 0 saturated carbocycles. The highest BCUT2D eigenvalue weighted by Crippen LogP contribution is 2.38. The maximum Gasteiger partial charge on any atom is 0.446 e. The number of carboxylic acids is 1. The van der Waals surface area contributed by atoms with Crippen LogP contribution in [0.15, 0.2) is 12.1 Å². The third-order valence-electron chi connectivity index (χ3n) is 2.13. The lowest BCUT2D eigenvalue weighted by Crippen LogP contribution is -2.08. The van der Waals surface area contributed by atoms with Crippen molar-refractivity contribution in [2.45, 2.75) is 12.8 Å². The zero-order valence-corrected chi connectivity index (χ0v) is 10.7. The Morgan fingerprint density at radius 2 is 2.00 bits per heavy atom. The van der Waals surface area contributed by atoms with Gasteiger partial charge in [0.25, 0.3) is 0 Å². The molecule has 1 aromatic carbocycles. The number of aromatic hydroxyl groups is 1. The van der Waals surface area contributed by atoms with Crippen LogP contribution in [0.4, 0.5) is 0 Å². The average molecular weight is 292 g/mol. The number of benzene rings is 1. The molecular formula is C10H12O8S. The molecule has 0 aliphatic rings. The number of methoxy groups -OCH3 is 1. The lowest BCUT2D eigenvalue weighted by Gasteiger charge is -2.11. The van der Waals surface area contributed by atoms with Crippen molar-refractivity contribution in [1.29, 1.82) is 0 Å². The molecule has 0 aromatic heterocycles. The molecule has 0 heterocycles. The Balaban J connectivity index is 3.11. The molecule has 1 aromatic rings. The van der Waals surface area contributed by atoms with E-state index in [1.54, 1.807) is 0 Å². The first-order valence-electron chi connectivity index (χ1n) is 5.01. The molecule has 0 aliphatic heterocycles. The van der Waals surface area contributed by atoms with Crippen LogP contribution < -0.4 is 8.92 Å². The number of phenols is 1. The van der Waals surface area contributed by atoms with Gasteiger partial charge in [-0.1, -0.05) is 0 Å². The first kappa shape index (κ1) is 15.1. The summed E-state index contributed by atoms with van der Waals surface area (Å²) in [5.74, 6) is -2.31. The fourth-order valence-corrected chi connectivity index (χ4v) is 1.76. The van der Waals surface area contributed by atoms with Gasteiger partial charge in [-0.25, -0.2) is 0 Å². The fraction of sp³-hybridized carbons (Fsp3) is 0.300. The summed E-state index contributed by atoms with van der Waals surface area (Å²) in [7, 11) is -3.60. The van der Waals surface area contributed by atoms with Crippen LogP contribution in [0.3, 0.4) is 0 Å². The maximum absolute atomic E-state index is 10.6. The quantitative estimate of drug-likeness (QED) is 0.650. The van der Waals surface area contributed by atoms with Crippen LogP contribution in [0.1, 0.15) is 12.0 Å². The van der Waals surface area contributed by atoms with Gasteiger partial charge in [0.1, 0.15) is 0 Å². The molecule has 8 nitrogen and oxygen atoms in total. The molecule has 0 atom stereocenters. The van der Waals surface area contributed by atoms with Crippen LogP contribution in [-0.2, 0) is 21.6 Å². The van der Waals surface area contributed by atoms with Crippen molar-refractivity contribution >= 4 is 16.4 Å². The van der Waals surface area contributed by atoms with Crippen LogP contribution in [-0.4, -0.2) is 36.3 Å². The number of aryl methyl sites for hydroxylation is 1. The molecule has 0 radical (unpaired) electrons. The van der Waals surface area contributed by atoms with E-state index in [0.717, 1.165) is 6.07 Å². The molecular weight excluding hydrogens is 280 g/mol.